The van der Waals surface area contributed by atoms with Crippen LogP contribution in [0, 0.1) is 0 Å². The number of nitrogens with one attached hydrogen (secondary N) is 1. The van der Waals surface area contributed by atoms with Crippen molar-refractivity contribution in [3.05, 3.63) is 64.9 Å². The van der Waals surface area contributed by atoms with Gasteiger partial charge in [0.25, 0.3) is 0 Å². The number of nitrogens with two attached hydrogens (primary N) is 1. The Morgan fingerprint density at radius 3 is 2.69 bits per heavy atom. The Hall–Kier alpha value is -2.37. The Morgan fingerprint density at radius 2 is 1.91 bits per heavy atom. The Bertz CT molecular complexity index is 890. The van der Waals surface area contributed by atoms with Gasteiger partial charge in [-0.15, -0.1) is 0 Å². The van der Waals surface area contributed by atoms with Crippen LogP contribution in [0.4, 0.5) is 0 Å². The van der Waals surface area contributed by atoms with Crippen molar-refractivity contribution < 1.29 is 9.53 Å². The molecule has 0 radical (unpaired) electrons. The van der Waals surface area contributed by atoms with Gasteiger partial charge in [-0.3, -0.25) is 4.90 Å². The highest BCUT2D eigenvalue weighted by Crippen LogP contribution is 2.28. The Kier molecular flexibility index (Phi) is 11.1. The van der Waals surface area contributed by atoms with Crippen molar-refractivity contribution in [3.63, 3.8) is 0 Å². The molecule has 0 fully saturated rings. The third kappa shape index (κ3) is 8.97. The van der Waals surface area contributed by atoms with E-state index >= 15 is 0 Å². The molecule has 1 aromatic carbocycles. The van der Waals surface area contributed by atoms with Crippen molar-refractivity contribution in [2.24, 2.45) is 5.73 Å². The first-order valence-electron chi connectivity index (χ1n) is 13.5. The average molecular weight is 480 g/mol. The van der Waals surface area contributed by atoms with Crippen molar-refractivity contribution in [2.45, 2.75) is 77.2 Å². The summed E-state index contributed by atoms with van der Waals surface area (Å²) in [4.78, 5) is 13.9. The Labute approximate surface area is 212 Å². The standard InChI is InChI=1S/C30H45N3O2/c1-3-30(31,24-34)18-21-33(22-23-35-28-12-5-4-6-13-28)20-8-7-10-26-15-16-27-11-9-19-32-29(27)17-14-25(26)2/h4-6,12-13,15-16,24,32H,3,7-11,14,17-23,31H2,1-2H3. The molecule has 1 heterocycles. The van der Waals surface area contributed by atoms with E-state index in [4.69, 9.17) is 10.5 Å². The molecule has 3 rings (SSSR count). The zero-order valence-corrected chi connectivity index (χ0v) is 21.9. The Morgan fingerprint density at radius 1 is 1.09 bits per heavy atom. The van der Waals surface area contributed by atoms with E-state index in [9.17, 15) is 4.79 Å². The summed E-state index contributed by atoms with van der Waals surface area (Å²) in [6.07, 6.45) is 15.1. The van der Waals surface area contributed by atoms with Crippen molar-refractivity contribution >= 4 is 6.29 Å². The number of ether oxygens (including phenoxy) is 1. The molecule has 1 aromatic rings. The first-order chi connectivity index (χ1) is 17.0. The van der Waals surface area contributed by atoms with Crippen molar-refractivity contribution in [1.82, 2.24) is 10.2 Å². The molecule has 1 aliphatic heterocycles. The largest absolute Gasteiger partial charge is 0.492 e. The SMILES string of the molecule is CCC(N)(C=O)CCN(CCCCC1=C(C)CCC2=C(C=C1)CCCN2)CCOc1ccccc1. The van der Waals surface area contributed by atoms with E-state index in [0.717, 1.165) is 70.3 Å². The van der Waals surface area contributed by atoms with Crippen molar-refractivity contribution in [1.29, 1.82) is 0 Å². The number of nitrogens with zero attached hydrogens (tertiary/aromatic N) is 1. The van der Waals surface area contributed by atoms with E-state index in [-0.39, 0.29) is 0 Å². The molecule has 1 unspecified atom stereocenters. The number of hydrogen-bond donors (Lipinski definition) is 2. The van der Waals surface area contributed by atoms with Crippen LogP contribution in [0.2, 0.25) is 0 Å². The molecule has 3 N–H and O–H groups in total. The van der Waals surface area contributed by atoms with E-state index in [1.807, 2.05) is 37.3 Å². The van der Waals surface area contributed by atoms with Gasteiger partial charge in [0.1, 0.15) is 18.6 Å². The summed E-state index contributed by atoms with van der Waals surface area (Å²) in [5.74, 6) is 0.895. The van der Waals surface area contributed by atoms with Crippen LogP contribution in [0.25, 0.3) is 0 Å². The summed E-state index contributed by atoms with van der Waals surface area (Å²) >= 11 is 0. The fourth-order valence-corrected chi connectivity index (χ4v) is 4.81. The van der Waals surface area contributed by atoms with Gasteiger partial charge in [-0.25, -0.2) is 0 Å². The lowest BCUT2D eigenvalue weighted by molar-refractivity contribution is -0.112. The maximum Gasteiger partial charge on any atom is 0.139 e. The van der Waals surface area contributed by atoms with Gasteiger partial charge >= 0.3 is 0 Å². The molecule has 192 valence electrons. The quantitative estimate of drug-likeness (QED) is 0.271. The van der Waals surface area contributed by atoms with Crippen LogP contribution in [0.5, 0.6) is 5.75 Å². The fourth-order valence-electron chi connectivity index (χ4n) is 4.81. The minimum absolute atomic E-state index is 0.632. The van der Waals surface area contributed by atoms with Gasteiger partial charge in [-0.05, 0) is 94.5 Å². The predicted octanol–water partition coefficient (Wildman–Crippen LogP) is 5.54. The number of rotatable bonds is 14. The third-order valence-corrected chi connectivity index (χ3v) is 7.51. The molecule has 0 spiro atoms. The second-order valence-corrected chi connectivity index (χ2v) is 10.1. The maximum absolute atomic E-state index is 11.5. The van der Waals surface area contributed by atoms with Gasteiger partial charge in [0.2, 0.25) is 0 Å². The summed E-state index contributed by atoms with van der Waals surface area (Å²) < 4.78 is 5.94. The summed E-state index contributed by atoms with van der Waals surface area (Å²) in [5, 5.41) is 3.61. The highest BCUT2D eigenvalue weighted by molar-refractivity contribution is 5.63. The van der Waals surface area contributed by atoms with Crippen LogP contribution in [0.15, 0.2) is 64.9 Å². The minimum atomic E-state index is -0.731. The highest BCUT2D eigenvalue weighted by atomic mass is 16.5. The lowest BCUT2D eigenvalue weighted by atomic mass is 9.91. The number of para-hydroxylation sites is 1. The van der Waals surface area contributed by atoms with E-state index in [1.165, 1.54) is 35.3 Å². The van der Waals surface area contributed by atoms with E-state index in [1.54, 1.807) is 0 Å². The molecule has 5 heteroatoms. The second-order valence-electron chi connectivity index (χ2n) is 10.1. The van der Waals surface area contributed by atoms with Crippen LogP contribution < -0.4 is 15.8 Å². The first kappa shape index (κ1) is 27.2. The zero-order valence-electron chi connectivity index (χ0n) is 21.9. The monoisotopic (exact) mass is 479 g/mol. The van der Waals surface area contributed by atoms with Gasteiger partial charge in [-0.2, -0.15) is 0 Å². The van der Waals surface area contributed by atoms with Crippen LogP contribution in [0.3, 0.4) is 0 Å². The molecule has 1 atom stereocenters. The zero-order chi connectivity index (χ0) is 24.9. The number of carbonyl (C=O) groups excluding carboxylic acids is 1. The molecule has 0 saturated carbocycles. The topological polar surface area (TPSA) is 67.6 Å². The molecule has 0 saturated heterocycles. The Balaban J connectivity index is 1.50. The summed E-state index contributed by atoms with van der Waals surface area (Å²) in [5.41, 5.74) is 11.5. The smallest absolute Gasteiger partial charge is 0.139 e. The lowest BCUT2D eigenvalue weighted by Crippen LogP contribution is -2.44. The number of benzene rings is 1. The molecular formula is C30H45N3O2. The van der Waals surface area contributed by atoms with Gasteiger partial charge in [0.05, 0.1) is 5.54 Å². The van der Waals surface area contributed by atoms with E-state index in [0.29, 0.717) is 19.4 Å². The predicted molar refractivity (Wildman–Crippen MR) is 145 cm³/mol. The maximum atomic E-state index is 11.5. The van der Waals surface area contributed by atoms with Gasteiger partial charge < -0.3 is 20.6 Å². The van der Waals surface area contributed by atoms with E-state index in [2.05, 4.69) is 29.3 Å². The molecule has 0 bridgehead atoms. The number of aldehydes is 1. The lowest BCUT2D eigenvalue weighted by Gasteiger charge is -2.28. The van der Waals surface area contributed by atoms with Crippen molar-refractivity contribution in [3.8, 4) is 5.75 Å². The van der Waals surface area contributed by atoms with Crippen LogP contribution >= 0.6 is 0 Å². The van der Waals surface area contributed by atoms with Crippen LogP contribution in [-0.2, 0) is 4.79 Å². The number of hydrogen-bond acceptors (Lipinski definition) is 5. The summed E-state index contributed by atoms with van der Waals surface area (Å²) in [6.45, 7) is 8.67. The van der Waals surface area contributed by atoms with Crippen molar-refractivity contribution in [2.75, 3.05) is 32.8 Å². The molecule has 1 aliphatic carbocycles. The fraction of sp³-hybridized carbons (Fsp3) is 0.567. The third-order valence-electron chi connectivity index (χ3n) is 7.51. The molecular weight excluding hydrogens is 434 g/mol. The highest BCUT2D eigenvalue weighted by Gasteiger charge is 2.22. The number of unbranched alkanes of at least 4 members (excludes halogenated alkanes) is 1. The molecule has 0 amide bonds. The summed E-state index contributed by atoms with van der Waals surface area (Å²) in [6, 6.07) is 9.95. The molecule has 35 heavy (non-hydrogen) atoms. The average Bonchev–Trinajstić information content (AvgIpc) is 2.89. The van der Waals surface area contributed by atoms with Gasteiger partial charge in [0.15, 0.2) is 0 Å². The van der Waals surface area contributed by atoms with Gasteiger partial charge in [-0.1, -0.05) is 42.8 Å². The molecule has 2 aliphatic rings. The first-order valence-corrected chi connectivity index (χ1v) is 13.5. The van der Waals surface area contributed by atoms with Crippen LogP contribution in [-0.4, -0.2) is 49.5 Å². The second kappa shape index (κ2) is 14.3. The van der Waals surface area contributed by atoms with E-state index < -0.39 is 5.54 Å². The molecule has 0 aromatic heterocycles. The van der Waals surface area contributed by atoms with Crippen LogP contribution in [0.1, 0.15) is 71.6 Å². The molecule has 5 nitrogen and oxygen atoms in total. The number of carbonyl (C=O) groups is 1. The van der Waals surface area contributed by atoms with Gasteiger partial charge in [0, 0.05) is 25.3 Å². The normalized spacial score (nSPS) is 17.9. The number of allylic oxidation sites excluding steroid dienone is 6. The summed E-state index contributed by atoms with van der Waals surface area (Å²) in [7, 11) is 0. The minimum Gasteiger partial charge on any atom is -0.492 e.